The lowest BCUT2D eigenvalue weighted by Crippen LogP contribution is -2.41. The van der Waals surface area contributed by atoms with Crippen molar-refractivity contribution in [1.29, 1.82) is 0 Å². The van der Waals surface area contributed by atoms with Gasteiger partial charge in [0.2, 0.25) is 15.9 Å². The van der Waals surface area contributed by atoms with Crippen LogP contribution in [0.3, 0.4) is 0 Å². The number of halogens is 1. The molecule has 2 atom stereocenters. The Morgan fingerprint density at radius 3 is 2.65 bits per heavy atom. The van der Waals surface area contributed by atoms with Crippen LogP contribution in [0.4, 0.5) is 4.39 Å². The smallest absolute Gasteiger partial charge is 0.246 e. The number of carbonyl (C=O) groups is 1. The van der Waals surface area contributed by atoms with E-state index < -0.39 is 32.9 Å². The fraction of sp³-hybridized carbons (Fsp3) is 0.417. The Hall–Kier alpha value is -1.51. The molecule has 2 N–H and O–H groups in total. The molecule has 6 nitrogen and oxygen atoms in total. The lowest BCUT2D eigenvalue weighted by atomic mass is 10.2. The highest BCUT2D eigenvalue weighted by Gasteiger charge is 2.39. The van der Waals surface area contributed by atoms with E-state index in [1.165, 1.54) is 25.1 Å². The van der Waals surface area contributed by atoms with E-state index in [1.807, 2.05) is 0 Å². The fourth-order valence-electron chi connectivity index (χ4n) is 2.14. The summed E-state index contributed by atoms with van der Waals surface area (Å²) >= 11 is 0. The second-order valence-electron chi connectivity index (χ2n) is 4.63. The molecule has 1 aliphatic rings. The van der Waals surface area contributed by atoms with Gasteiger partial charge in [-0.1, -0.05) is 12.1 Å². The first-order valence-corrected chi connectivity index (χ1v) is 7.46. The van der Waals surface area contributed by atoms with Gasteiger partial charge in [0, 0.05) is 20.0 Å². The van der Waals surface area contributed by atoms with Gasteiger partial charge >= 0.3 is 0 Å². The molecule has 1 heterocycles. The largest absolute Gasteiger partial charge is 0.390 e. The van der Waals surface area contributed by atoms with E-state index in [1.54, 1.807) is 0 Å². The Morgan fingerprint density at radius 1 is 1.40 bits per heavy atom. The summed E-state index contributed by atoms with van der Waals surface area (Å²) in [5.74, 6) is -1.20. The molecule has 8 heteroatoms. The van der Waals surface area contributed by atoms with Crippen LogP contribution < -0.4 is 5.32 Å². The summed E-state index contributed by atoms with van der Waals surface area (Å²) in [6.07, 6.45) is -1.01. The van der Waals surface area contributed by atoms with Crippen LogP contribution in [0.15, 0.2) is 29.2 Å². The standard InChI is InChI=1S/C12H15FN2O4S/c1-8(16)14-10-6-15(7-11(10)17)20(18,19)12-5-3-2-4-9(12)13/h2-5,10-11,17H,6-7H2,1H3,(H,14,16)/t10-,11-/m1/s1. The third-order valence-corrected chi connectivity index (χ3v) is 4.96. The van der Waals surface area contributed by atoms with Crippen LogP contribution in [0.2, 0.25) is 0 Å². The quantitative estimate of drug-likeness (QED) is 0.802. The lowest BCUT2D eigenvalue weighted by Gasteiger charge is -2.16. The summed E-state index contributed by atoms with van der Waals surface area (Å²) in [7, 11) is -4.02. The summed E-state index contributed by atoms with van der Waals surface area (Å²) < 4.78 is 39.2. The molecule has 1 aromatic carbocycles. The zero-order valence-electron chi connectivity index (χ0n) is 10.8. The maximum atomic E-state index is 13.6. The SMILES string of the molecule is CC(=O)N[C@@H]1CN(S(=O)(=O)c2ccccc2F)C[C@H]1O. The van der Waals surface area contributed by atoms with Crippen molar-refractivity contribution in [3.05, 3.63) is 30.1 Å². The van der Waals surface area contributed by atoms with Crippen LogP contribution in [-0.4, -0.2) is 49.0 Å². The van der Waals surface area contributed by atoms with Gasteiger partial charge in [0.05, 0.1) is 12.1 Å². The average Bonchev–Trinajstić information content (AvgIpc) is 2.71. The number of sulfonamides is 1. The molecule has 20 heavy (non-hydrogen) atoms. The van der Waals surface area contributed by atoms with Gasteiger partial charge in [-0.2, -0.15) is 4.31 Å². The number of benzene rings is 1. The number of aliphatic hydroxyl groups excluding tert-OH is 1. The molecule has 0 radical (unpaired) electrons. The average molecular weight is 302 g/mol. The van der Waals surface area contributed by atoms with Gasteiger partial charge in [-0.05, 0) is 12.1 Å². The normalized spacial score (nSPS) is 23.8. The predicted molar refractivity (Wildman–Crippen MR) is 68.8 cm³/mol. The van der Waals surface area contributed by atoms with Crippen molar-refractivity contribution >= 4 is 15.9 Å². The summed E-state index contributed by atoms with van der Waals surface area (Å²) in [4.78, 5) is 10.5. The van der Waals surface area contributed by atoms with Crippen LogP contribution in [0, 0.1) is 5.82 Å². The second-order valence-corrected chi connectivity index (χ2v) is 6.53. The molecule has 1 aliphatic heterocycles. The van der Waals surface area contributed by atoms with Crippen LogP contribution in [0.25, 0.3) is 0 Å². The Balaban J connectivity index is 2.24. The third kappa shape index (κ3) is 2.82. The zero-order chi connectivity index (χ0) is 14.9. The monoisotopic (exact) mass is 302 g/mol. The first-order valence-electron chi connectivity index (χ1n) is 6.02. The van der Waals surface area contributed by atoms with E-state index in [9.17, 15) is 22.7 Å². The molecule has 110 valence electrons. The summed E-state index contributed by atoms with van der Waals surface area (Å²) in [5, 5.41) is 12.2. The summed E-state index contributed by atoms with van der Waals surface area (Å²) in [6, 6.07) is 4.36. The van der Waals surface area contributed by atoms with Gasteiger partial charge in [-0.15, -0.1) is 0 Å². The topological polar surface area (TPSA) is 86.7 Å². The van der Waals surface area contributed by atoms with E-state index in [-0.39, 0.29) is 19.0 Å². The van der Waals surface area contributed by atoms with Gasteiger partial charge < -0.3 is 10.4 Å². The molecule has 0 aliphatic carbocycles. The minimum absolute atomic E-state index is 0.0859. The van der Waals surface area contributed by atoms with E-state index in [4.69, 9.17) is 0 Å². The number of rotatable bonds is 3. The van der Waals surface area contributed by atoms with Crippen molar-refractivity contribution in [2.24, 2.45) is 0 Å². The molecular formula is C12H15FN2O4S. The minimum Gasteiger partial charge on any atom is -0.390 e. The molecule has 0 bridgehead atoms. The minimum atomic E-state index is -4.02. The Labute approximate surface area is 116 Å². The van der Waals surface area contributed by atoms with Crippen molar-refractivity contribution in [3.8, 4) is 0 Å². The fourth-order valence-corrected chi connectivity index (χ4v) is 3.69. The van der Waals surface area contributed by atoms with E-state index in [0.29, 0.717) is 0 Å². The van der Waals surface area contributed by atoms with Crippen molar-refractivity contribution in [2.75, 3.05) is 13.1 Å². The van der Waals surface area contributed by atoms with E-state index >= 15 is 0 Å². The zero-order valence-corrected chi connectivity index (χ0v) is 11.6. The van der Waals surface area contributed by atoms with Crippen LogP contribution in [-0.2, 0) is 14.8 Å². The molecule has 1 amide bonds. The number of hydrogen-bond donors (Lipinski definition) is 2. The van der Waals surface area contributed by atoms with Gasteiger partial charge in [-0.25, -0.2) is 12.8 Å². The predicted octanol–water partition coefficient (Wildman–Crippen LogP) is -0.304. The first-order chi connectivity index (χ1) is 9.32. The van der Waals surface area contributed by atoms with Gasteiger partial charge in [0.25, 0.3) is 0 Å². The number of nitrogens with zero attached hydrogens (tertiary/aromatic N) is 1. The Kier molecular flexibility index (Phi) is 4.07. The summed E-state index contributed by atoms with van der Waals surface area (Å²) in [6.45, 7) is 1.01. The number of amides is 1. The number of aliphatic hydroxyl groups is 1. The Bertz CT molecular complexity index is 620. The van der Waals surface area contributed by atoms with E-state index in [2.05, 4.69) is 5.32 Å². The Morgan fingerprint density at radius 2 is 2.05 bits per heavy atom. The third-order valence-electron chi connectivity index (χ3n) is 3.10. The molecule has 1 aromatic rings. The number of carbonyl (C=O) groups excluding carboxylic acids is 1. The molecule has 1 saturated heterocycles. The van der Waals surface area contributed by atoms with Crippen molar-refractivity contribution in [3.63, 3.8) is 0 Å². The molecular weight excluding hydrogens is 287 g/mol. The van der Waals surface area contributed by atoms with Crippen LogP contribution in [0.1, 0.15) is 6.92 Å². The van der Waals surface area contributed by atoms with Crippen molar-refractivity contribution in [1.82, 2.24) is 9.62 Å². The second kappa shape index (κ2) is 5.47. The molecule has 0 unspecified atom stereocenters. The highest BCUT2D eigenvalue weighted by Crippen LogP contribution is 2.23. The van der Waals surface area contributed by atoms with Crippen LogP contribution in [0.5, 0.6) is 0 Å². The highest BCUT2D eigenvalue weighted by molar-refractivity contribution is 7.89. The van der Waals surface area contributed by atoms with Crippen LogP contribution >= 0.6 is 0 Å². The molecule has 0 spiro atoms. The number of nitrogens with one attached hydrogen (secondary N) is 1. The first kappa shape index (κ1) is 14.9. The maximum absolute atomic E-state index is 13.6. The van der Waals surface area contributed by atoms with E-state index in [0.717, 1.165) is 10.4 Å². The van der Waals surface area contributed by atoms with Crippen molar-refractivity contribution < 1.29 is 22.7 Å². The van der Waals surface area contributed by atoms with Gasteiger partial charge in [0.1, 0.15) is 10.7 Å². The lowest BCUT2D eigenvalue weighted by molar-refractivity contribution is -0.120. The molecule has 0 aromatic heterocycles. The maximum Gasteiger partial charge on any atom is 0.246 e. The molecule has 1 fully saturated rings. The summed E-state index contributed by atoms with van der Waals surface area (Å²) in [5.41, 5.74) is 0. The molecule has 2 rings (SSSR count). The van der Waals surface area contributed by atoms with Gasteiger partial charge in [0.15, 0.2) is 0 Å². The molecule has 0 saturated carbocycles. The number of hydrogen-bond acceptors (Lipinski definition) is 4. The van der Waals surface area contributed by atoms with Crippen molar-refractivity contribution in [2.45, 2.75) is 24.0 Å². The number of β-amino-alcohol motifs (C(OH)–C–C–N with tert-alkyl or cyclic N) is 1. The van der Waals surface area contributed by atoms with Gasteiger partial charge in [-0.3, -0.25) is 4.79 Å². The highest BCUT2D eigenvalue weighted by atomic mass is 32.2.